The number of thiol groups is 1. The van der Waals surface area contributed by atoms with E-state index in [1.54, 1.807) is 0 Å². The third kappa shape index (κ3) is 2.85. The van der Waals surface area contributed by atoms with Gasteiger partial charge in [-0.05, 0) is 19.8 Å². The Morgan fingerprint density at radius 2 is 1.73 bits per heavy atom. The molecule has 1 saturated carbocycles. The molecule has 0 spiro atoms. The van der Waals surface area contributed by atoms with Crippen LogP contribution in [0.1, 0.15) is 57.4 Å². The Labute approximate surface area is 161 Å². The number of likely N-dealkylation sites (N-methyl/N-ethyl adjacent to an activating group) is 1. The van der Waals surface area contributed by atoms with Crippen molar-refractivity contribution in [2.45, 2.75) is 57.4 Å². The molecule has 0 bridgehead atoms. The number of Topliss-reactive ketones (excluding diaryl/α,β-unsaturated/α-hetero) is 1. The first kappa shape index (κ1) is 19.3. The van der Waals surface area contributed by atoms with E-state index in [0.717, 1.165) is 44.1 Å². The lowest BCUT2D eigenvalue weighted by Gasteiger charge is -2.44. The van der Waals surface area contributed by atoms with Crippen LogP contribution in [-0.4, -0.2) is 34.4 Å². The zero-order chi connectivity index (χ0) is 18.8. The minimum Gasteiger partial charge on any atom is -0.284 e. The summed E-state index contributed by atoms with van der Waals surface area (Å²) in [5.41, 5.74) is -0.260. The number of carbonyl (C=O) groups excluding carboxylic acids is 3. The van der Waals surface area contributed by atoms with Crippen LogP contribution in [0.5, 0.6) is 0 Å². The van der Waals surface area contributed by atoms with Gasteiger partial charge in [0, 0.05) is 24.3 Å². The highest BCUT2D eigenvalue weighted by Gasteiger charge is 2.64. The number of quaternary nitrogens is 1. The van der Waals surface area contributed by atoms with Crippen LogP contribution in [0.4, 0.5) is 0 Å². The van der Waals surface area contributed by atoms with Crippen LogP contribution in [-0.2, 0) is 19.9 Å². The van der Waals surface area contributed by atoms with Gasteiger partial charge in [-0.2, -0.15) is 0 Å². The molecule has 5 heteroatoms. The molecule has 1 heterocycles. The van der Waals surface area contributed by atoms with Gasteiger partial charge in [0.25, 0.3) is 10.9 Å². The van der Waals surface area contributed by atoms with Crippen molar-refractivity contribution in [1.82, 2.24) is 0 Å². The van der Waals surface area contributed by atoms with Crippen molar-refractivity contribution in [3.63, 3.8) is 0 Å². The Balaban J connectivity index is 2.06. The molecule has 2 unspecified atom stereocenters. The van der Waals surface area contributed by atoms with E-state index in [-0.39, 0.29) is 27.2 Å². The van der Waals surface area contributed by atoms with E-state index in [2.05, 4.69) is 12.6 Å². The monoisotopic (exact) mass is 374 g/mol. The average molecular weight is 375 g/mol. The van der Waals surface area contributed by atoms with Crippen molar-refractivity contribution in [3.05, 3.63) is 35.9 Å². The summed E-state index contributed by atoms with van der Waals surface area (Å²) < 4.78 is -0.103. The Morgan fingerprint density at radius 1 is 1.08 bits per heavy atom. The van der Waals surface area contributed by atoms with Crippen molar-refractivity contribution >= 4 is 29.4 Å². The highest BCUT2D eigenvalue weighted by atomic mass is 32.1. The number of hydrogen-bond acceptors (Lipinski definition) is 3. The van der Waals surface area contributed by atoms with E-state index in [1.165, 1.54) is 0 Å². The molecule has 0 radical (unpaired) electrons. The lowest BCUT2D eigenvalue weighted by molar-refractivity contribution is -0.884. The molecule has 1 aliphatic heterocycles. The van der Waals surface area contributed by atoms with Gasteiger partial charge in [-0.3, -0.25) is 9.59 Å². The van der Waals surface area contributed by atoms with Crippen LogP contribution < -0.4 is 0 Å². The van der Waals surface area contributed by atoms with Crippen LogP contribution in [0.25, 0.3) is 0 Å². The second kappa shape index (κ2) is 7.65. The van der Waals surface area contributed by atoms with Gasteiger partial charge in [0.2, 0.25) is 5.54 Å². The predicted octanol–water partition coefficient (Wildman–Crippen LogP) is 3.64. The highest BCUT2D eigenvalue weighted by Crippen LogP contribution is 2.47. The van der Waals surface area contributed by atoms with Gasteiger partial charge >= 0.3 is 5.91 Å². The maximum Gasteiger partial charge on any atom is 0.383 e. The SMILES string of the molecule is CC[N+]1(C(=O)C(=O)C2CCCCC2)CCCC1(C(=O)S)c1ccccc1. The number of benzene rings is 1. The molecule has 0 aromatic heterocycles. The van der Waals surface area contributed by atoms with Gasteiger partial charge in [0.05, 0.1) is 13.1 Å². The van der Waals surface area contributed by atoms with Crippen LogP contribution in [0.15, 0.2) is 30.3 Å². The van der Waals surface area contributed by atoms with Crippen LogP contribution in [0, 0.1) is 5.92 Å². The Morgan fingerprint density at radius 3 is 2.31 bits per heavy atom. The summed E-state index contributed by atoms with van der Waals surface area (Å²) in [7, 11) is 0. The van der Waals surface area contributed by atoms with Gasteiger partial charge in [-0.25, -0.2) is 9.28 Å². The predicted molar refractivity (Wildman–Crippen MR) is 104 cm³/mol. The number of hydrogen-bond donors (Lipinski definition) is 1. The van der Waals surface area contributed by atoms with Crippen molar-refractivity contribution in [2.24, 2.45) is 5.92 Å². The molecule has 2 aliphatic rings. The Kier molecular flexibility index (Phi) is 5.68. The third-order valence-electron chi connectivity index (χ3n) is 6.53. The smallest absolute Gasteiger partial charge is 0.284 e. The molecule has 140 valence electrons. The Bertz CT molecular complexity index is 698. The molecule has 3 rings (SSSR count). The summed E-state index contributed by atoms with van der Waals surface area (Å²) in [5, 5.41) is -0.312. The molecule has 1 saturated heterocycles. The summed E-state index contributed by atoms with van der Waals surface area (Å²) in [6.07, 6.45) is 6.02. The molecule has 0 N–H and O–H groups in total. The first-order valence-electron chi connectivity index (χ1n) is 9.74. The van der Waals surface area contributed by atoms with Crippen LogP contribution in [0.3, 0.4) is 0 Å². The molecule has 2 fully saturated rings. The molecule has 26 heavy (non-hydrogen) atoms. The van der Waals surface area contributed by atoms with E-state index in [9.17, 15) is 14.4 Å². The molecule has 1 aromatic rings. The summed E-state index contributed by atoms with van der Waals surface area (Å²) in [6, 6.07) is 9.43. The normalized spacial score (nSPS) is 29.5. The first-order chi connectivity index (χ1) is 12.5. The first-order valence-corrected chi connectivity index (χ1v) is 10.2. The standard InChI is InChI=1S/C21H27NO3S/c1-2-22(19(24)18(23)16-10-5-3-6-11-16)15-9-14-21(22,20(25)26)17-12-7-4-8-13-17/h4,7-8,12-13,16H,2-3,5-6,9-11,14-15H2,1H3/p+1. The van der Waals surface area contributed by atoms with Crippen LogP contribution in [0.2, 0.25) is 0 Å². The fourth-order valence-electron chi connectivity index (χ4n) is 5.13. The second-order valence-corrected chi connectivity index (χ2v) is 8.05. The minimum absolute atomic E-state index is 0.103. The van der Waals surface area contributed by atoms with Crippen molar-refractivity contribution in [2.75, 3.05) is 13.1 Å². The fourth-order valence-corrected chi connectivity index (χ4v) is 5.56. The van der Waals surface area contributed by atoms with Crippen LogP contribution >= 0.6 is 12.6 Å². The molecule has 4 nitrogen and oxygen atoms in total. The second-order valence-electron chi connectivity index (χ2n) is 7.65. The quantitative estimate of drug-likeness (QED) is 0.486. The maximum absolute atomic E-state index is 13.5. The zero-order valence-electron chi connectivity index (χ0n) is 15.4. The highest BCUT2D eigenvalue weighted by molar-refractivity contribution is 7.96. The van der Waals surface area contributed by atoms with Gasteiger partial charge in [0.1, 0.15) is 0 Å². The molecule has 2 atom stereocenters. The van der Waals surface area contributed by atoms with Crippen molar-refractivity contribution in [3.8, 4) is 0 Å². The number of rotatable bonds is 5. The average Bonchev–Trinajstić information content (AvgIpc) is 3.10. The number of ketones is 1. The van der Waals surface area contributed by atoms with Gasteiger partial charge in [-0.15, -0.1) is 0 Å². The lowest BCUT2D eigenvalue weighted by atomic mass is 9.82. The number of nitrogens with zero attached hydrogens (tertiary/aromatic N) is 1. The van der Waals surface area contributed by atoms with E-state index < -0.39 is 5.54 Å². The Hall–Kier alpha value is -1.46. The molecular weight excluding hydrogens is 346 g/mol. The number of amides is 1. The topological polar surface area (TPSA) is 51.2 Å². The minimum atomic E-state index is -1.06. The fraction of sp³-hybridized carbons (Fsp3) is 0.571. The molecule has 1 aliphatic carbocycles. The van der Waals surface area contributed by atoms with Gasteiger partial charge < -0.3 is 0 Å². The molecular formula is C21H28NO3S+. The van der Waals surface area contributed by atoms with Gasteiger partial charge in [-0.1, -0.05) is 62.2 Å². The third-order valence-corrected chi connectivity index (χ3v) is 6.90. The molecule has 1 amide bonds. The maximum atomic E-state index is 13.5. The summed E-state index contributed by atoms with van der Waals surface area (Å²) >= 11 is 4.23. The molecule has 1 aromatic carbocycles. The van der Waals surface area contributed by atoms with E-state index >= 15 is 0 Å². The van der Waals surface area contributed by atoms with E-state index in [1.807, 2.05) is 37.3 Å². The zero-order valence-corrected chi connectivity index (χ0v) is 16.3. The van der Waals surface area contributed by atoms with Crippen molar-refractivity contribution < 1.29 is 18.9 Å². The summed E-state index contributed by atoms with van der Waals surface area (Å²) in [5.74, 6) is -0.839. The summed E-state index contributed by atoms with van der Waals surface area (Å²) in [6.45, 7) is 2.86. The van der Waals surface area contributed by atoms with E-state index in [0.29, 0.717) is 19.5 Å². The van der Waals surface area contributed by atoms with Gasteiger partial charge in [0.15, 0.2) is 0 Å². The summed E-state index contributed by atoms with van der Waals surface area (Å²) in [4.78, 5) is 39.4. The van der Waals surface area contributed by atoms with E-state index in [4.69, 9.17) is 0 Å². The number of carbonyl (C=O) groups is 3. The lowest BCUT2D eigenvalue weighted by Crippen LogP contribution is -2.66. The largest absolute Gasteiger partial charge is 0.383 e. The van der Waals surface area contributed by atoms with Crippen molar-refractivity contribution in [1.29, 1.82) is 0 Å². The number of likely N-dealkylation sites (tertiary alicyclic amines) is 1.